The second kappa shape index (κ2) is 6.26. The number of aromatic hydroxyl groups is 1. The molecule has 3 rings (SSSR count). The predicted octanol–water partition coefficient (Wildman–Crippen LogP) is 2.63. The molecule has 4 nitrogen and oxygen atoms in total. The number of benzene rings is 2. The molecule has 0 amide bonds. The summed E-state index contributed by atoms with van der Waals surface area (Å²) in [6.45, 7) is 4.56. The lowest BCUT2D eigenvalue weighted by Gasteiger charge is -2.12. The van der Waals surface area contributed by atoms with Gasteiger partial charge in [0.25, 0.3) is 0 Å². The molecule has 3 N–H and O–H groups in total. The minimum absolute atomic E-state index is 0.138. The minimum atomic E-state index is -0.387. The molecule has 1 heterocycles. The molecule has 0 fully saturated rings. The number of aryl methyl sites for hydroxylation is 1. The first-order valence-electron chi connectivity index (χ1n) is 7.70. The molecule has 3 aromatic rings. The van der Waals surface area contributed by atoms with E-state index in [0.717, 1.165) is 10.9 Å². The first kappa shape index (κ1) is 15.3. The zero-order valence-electron chi connectivity index (χ0n) is 13.2. The van der Waals surface area contributed by atoms with Gasteiger partial charge in [-0.15, -0.1) is 0 Å². The number of fused-ring (bicyclic) bond motifs is 1. The van der Waals surface area contributed by atoms with Crippen molar-refractivity contribution in [1.82, 2.24) is 0 Å². The maximum Gasteiger partial charge on any atom is 0.336 e. The first-order chi connectivity index (χ1) is 11.1. The summed E-state index contributed by atoms with van der Waals surface area (Å²) in [6.07, 6.45) is 0. The highest BCUT2D eigenvalue weighted by Crippen LogP contribution is 2.27. The SMILES string of the molecule is Cc1c(O)ccc2c(C[NH2+][C@@H](C)c3ccccc3)cc(=O)oc12. The summed E-state index contributed by atoms with van der Waals surface area (Å²) < 4.78 is 5.28. The van der Waals surface area contributed by atoms with Crippen molar-refractivity contribution in [2.24, 2.45) is 0 Å². The number of phenolic OH excluding ortho intramolecular Hbond substituents is 1. The topological polar surface area (TPSA) is 67.1 Å². The number of rotatable bonds is 4. The Morgan fingerprint density at radius 1 is 1.17 bits per heavy atom. The Morgan fingerprint density at radius 2 is 1.91 bits per heavy atom. The summed E-state index contributed by atoms with van der Waals surface area (Å²) in [5.74, 6) is 0.138. The van der Waals surface area contributed by atoms with Gasteiger partial charge in [0.1, 0.15) is 23.9 Å². The van der Waals surface area contributed by atoms with Crippen LogP contribution in [0.5, 0.6) is 5.75 Å². The molecule has 23 heavy (non-hydrogen) atoms. The van der Waals surface area contributed by atoms with Crippen LogP contribution >= 0.6 is 0 Å². The fraction of sp³-hybridized carbons (Fsp3) is 0.211. The van der Waals surface area contributed by atoms with Gasteiger partial charge in [0.05, 0.1) is 0 Å². The predicted molar refractivity (Wildman–Crippen MR) is 89.4 cm³/mol. The molecule has 0 aliphatic rings. The lowest BCUT2D eigenvalue weighted by molar-refractivity contribution is -0.707. The van der Waals surface area contributed by atoms with Crippen LogP contribution in [0.15, 0.2) is 57.7 Å². The maximum atomic E-state index is 11.8. The molecule has 0 bridgehead atoms. The van der Waals surface area contributed by atoms with E-state index in [0.29, 0.717) is 17.7 Å². The summed E-state index contributed by atoms with van der Waals surface area (Å²) in [5, 5.41) is 12.9. The highest BCUT2D eigenvalue weighted by atomic mass is 16.4. The molecular formula is C19H20NO3+. The second-order valence-corrected chi connectivity index (χ2v) is 5.82. The molecule has 0 spiro atoms. The third kappa shape index (κ3) is 3.12. The highest BCUT2D eigenvalue weighted by molar-refractivity contribution is 5.84. The Morgan fingerprint density at radius 3 is 2.65 bits per heavy atom. The van der Waals surface area contributed by atoms with Crippen molar-refractivity contribution in [3.63, 3.8) is 0 Å². The van der Waals surface area contributed by atoms with Crippen molar-refractivity contribution in [1.29, 1.82) is 0 Å². The molecule has 0 saturated carbocycles. The van der Waals surface area contributed by atoms with Gasteiger partial charge in [-0.1, -0.05) is 30.3 Å². The molecule has 4 heteroatoms. The normalized spacial score (nSPS) is 12.4. The lowest BCUT2D eigenvalue weighted by Crippen LogP contribution is -2.83. The molecule has 1 aromatic heterocycles. The van der Waals surface area contributed by atoms with Gasteiger partial charge in [0.2, 0.25) is 0 Å². The first-order valence-corrected chi connectivity index (χ1v) is 7.70. The van der Waals surface area contributed by atoms with Gasteiger partial charge in [0.15, 0.2) is 0 Å². The zero-order chi connectivity index (χ0) is 16.4. The lowest BCUT2D eigenvalue weighted by atomic mass is 10.0. The average Bonchev–Trinajstić information content (AvgIpc) is 2.57. The summed E-state index contributed by atoms with van der Waals surface area (Å²) in [4.78, 5) is 11.8. The van der Waals surface area contributed by atoms with E-state index in [1.54, 1.807) is 19.1 Å². The Hall–Kier alpha value is -2.59. The molecule has 0 radical (unpaired) electrons. The zero-order valence-corrected chi connectivity index (χ0v) is 13.2. The summed E-state index contributed by atoms with van der Waals surface area (Å²) in [7, 11) is 0. The molecule has 2 aromatic carbocycles. The van der Waals surface area contributed by atoms with Crippen LogP contribution in [0.2, 0.25) is 0 Å². The molecular weight excluding hydrogens is 290 g/mol. The van der Waals surface area contributed by atoms with Crippen molar-refractivity contribution in [2.75, 3.05) is 0 Å². The van der Waals surface area contributed by atoms with Crippen LogP contribution in [0, 0.1) is 6.92 Å². The third-order valence-corrected chi connectivity index (χ3v) is 4.23. The van der Waals surface area contributed by atoms with Crippen molar-refractivity contribution in [2.45, 2.75) is 26.4 Å². The van der Waals surface area contributed by atoms with E-state index in [1.165, 1.54) is 11.6 Å². The Labute approximate surface area is 134 Å². The maximum absolute atomic E-state index is 11.8. The van der Waals surface area contributed by atoms with Crippen molar-refractivity contribution < 1.29 is 14.8 Å². The van der Waals surface area contributed by atoms with Crippen LogP contribution in [0.3, 0.4) is 0 Å². The summed E-state index contributed by atoms with van der Waals surface area (Å²) in [6, 6.07) is 15.5. The van der Waals surface area contributed by atoms with Crippen LogP contribution in [0.25, 0.3) is 11.0 Å². The standard InChI is InChI=1S/C19H19NO3/c1-12-17(21)9-8-16-15(10-18(22)23-19(12)16)11-20-13(2)14-6-4-3-5-7-14/h3-10,13,20-21H,11H2,1-2H3/p+1/t13-/m0/s1. The van der Waals surface area contributed by atoms with E-state index in [2.05, 4.69) is 24.4 Å². The number of phenols is 1. The van der Waals surface area contributed by atoms with Gasteiger partial charge in [0, 0.05) is 28.1 Å². The number of nitrogens with two attached hydrogens (primary N) is 1. The number of hydrogen-bond acceptors (Lipinski definition) is 3. The van der Waals surface area contributed by atoms with Gasteiger partial charge in [-0.3, -0.25) is 0 Å². The summed E-state index contributed by atoms with van der Waals surface area (Å²) >= 11 is 0. The smallest absolute Gasteiger partial charge is 0.336 e. The Balaban J connectivity index is 1.91. The molecule has 0 saturated heterocycles. The van der Waals surface area contributed by atoms with Gasteiger partial charge >= 0.3 is 5.63 Å². The van der Waals surface area contributed by atoms with Crippen LogP contribution in [-0.4, -0.2) is 5.11 Å². The molecule has 1 atom stereocenters. The van der Waals surface area contributed by atoms with Crippen LogP contribution in [0.4, 0.5) is 0 Å². The molecule has 0 aliphatic carbocycles. The van der Waals surface area contributed by atoms with Gasteiger partial charge < -0.3 is 14.8 Å². The fourth-order valence-corrected chi connectivity index (χ4v) is 2.78. The molecule has 0 unspecified atom stereocenters. The van der Waals surface area contributed by atoms with E-state index in [4.69, 9.17) is 4.42 Å². The largest absolute Gasteiger partial charge is 0.508 e. The van der Waals surface area contributed by atoms with Crippen molar-refractivity contribution in [3.8, 4) is 5.75 Å². The fourth-order valence-electron chi connectivity index (χ4n) is 2.78. The highest BCUT2D eigenvalue weighted by Gasteiger charge is 2.14. The van der Waals surface area contributed by atoms with Crippen molar-refractivity contribution in [3.05, 3.63) is 75.6 Å². The van der Waals surface area contributed by atoms with Crippen LogP contribution in [-0.2, 0) is 6.54 Å². The molecule has 0 aliphatic heterocycles. The Kier molecular flexibility index (Phi) is 4.17. The monoisotopic (exact) mass is 310 g/mol. The van der Waals surface area contributed by atoms with Gasteiger partial charge in [-0.2, -0.15) is 0 Å². The quantitative estimate of drug-likeness (QED) is 0.728. The Bertz CT molecular complexity index is 884. The average molecular weight is 310 g/mol. The van der Waals surface area contributed by atoms with Crippen LogP contribution < -0.4 is 10.9 Å². The third-order valence-electron chi connectivity index (χ3n) is 4.23. The van der Waals surface area contributed by atoms with E-state index in [9.17, 15) is 9.90 Å². The van der Waals surface area contributed by atoms with E-state index >= 15 is 0 Å². The van der Waals surface area contributed by atoms with E-state index < -0.39 is 0 Å². The van der Waals surface area contributed by atoms with Gasteiger partial charge in [-0.05, 0) is 26.0 Å². The second-order valence-electron chi connectivity index (χ2n) is 5.82. The van der Waals surface area contributed by atoms with E-state index in [-0.39, 0.29) is 17.4 Å². The minimum Gasteiger partial charge on any atom is -0.508 e. The summed E-state index contributed by atoms with van der Waals surface area (Å²) in [5.41, 5.74) is 2.84. The molecule has 118 valence electrons. The van der Waals surface area contributed by atoms with Gasteiger partial charge in [-0.25, -0.2) is 4.79 Å². The number of hydrogen-bond donors (Lipinski definition) is 2. The van der Waals surface area contributed by atoms with E-state index in [1.807, 2.05) is 18.2 Å². The number of quaternary nitrogens is 1. The van der Waals surface area contributed by atoms with Crippen molar-refractivity contribution >= 4 is 11.0 Å². The van der Waals surface area contributed by atoms with Crippen LogP contribution in [0.1, 0.15) is 29.7 Å².